The van der Waals surface area contributed by atoms with Gasteiger partial charge in [-0.3, -0.25) is 9.59 Å². The number of nitrogens with one attached hydrogen (secondary N) is 1. The SMILES string of the molecule is O=C(O)CC[C@H](NO)C(=O)O. The number of carboxylic acid groups (broad SMARTS) is 2. The van der Waals surface area contributed by atoms with Crippen LogP contribution in [0.2, 0.25) is 0 Å². The Morgan fingerprint density at radius 2 is 1.91 bits per heavy atom. The third-order valence-electron chi connectivity index (χ3n) is 1.10. The molecule has 0 saturated heterocycles. The van der Waals surface area contributed by atoms with Gasteiger partial charge in [0.15, 0.2) is 0 Å². The third-order valence-corrected chi connectivity index (χ3v) is 1.10. The van der Waals surface area contributed by atoms with Gasteiger partial charge in [-0.05, 0) is 6.42 Å². The number of carbonyl (C=O) groups is 2. The lowest BCUT2D eigenvalue weighted by Crippen LogP contribution is -2.34. The van der Waals surface area contributed by atoms with Crippen molar-refractivity contribution in [2.24, 2.45) is 0 Å². The Morgan fingerprint density at radius 1 is 1.36 bits per heavy atom. The van der Waals surface area contributed by atoms with Gasteiger partial charge >= 0.3 is 11.9 Å². The molecule has 0 spiro atoms. The van der Waals surface area contributed by atoms with E-state index in [1.807, 2.05) is 0 Å². The number of hydroxylamine groups is 1. The number of rotatable bonds is 5. The Bertz CT molecular complexity index is 157. The molecule has 0 rings (SSSR count). The first-order valence-electron chi connectivity index (χ1n) is 2.92. The molecule has 0 amide bonds. The van der Waals surface area contributed by atoms with Crippen molar-refractivity contribution < 1.29 is 25.0 Å². The maximum absolute atomic E-state index is 10.1. The van der Waals surface area contributed by atoms with Gasteiger partial charge in [0, 0.05) is 6.42 Å². The first kappa shape index (κ1) is 9.86. The van der Waals surface area contributed by atoms with Crippen LogP contribution in [0.3, 0.4) is 0 Å². The summed E-state index contributed by atoms with van der Waals surface area (Å²) in [5.41, 5.74) is 1.49. The molecule has 6 nitrogen and oxygen atoms in total. The summed E-state index contributed by atoms with van der Waals surface area (Å²) in [6.45, 7) is 0. The number of aliphatic carboxylic acids is 2. The topological polar surface area (TPSA) is 107 Å². The molecule has 0 aliphatic carbocycles. The Morgan fingerprint density at radius 3 is 2.18 bits per heavy atom. The highest BCUT2D eigenvalue weighted by Gasteiger charge is 2.16. The van der Waals surface area contributed by atoms with Crippen LogP contribution in [0.25, 0.3) is 0 Å². The summed E-state index contributed by atoms with van der Waals surface area (Å²) in [6, 6.07) is -1.20. The molecule has 0 heterocycles. The Labute approximate surface area is 62.4 Å². The number of hydrogen-bond acceptors (Lipinski definition) is 4. The van der Waals surface area contributed by atoms with E-state index in [2.05, 4.69) is 0 Å². The summed E-state index contributed by atoms with van der Waals surface area (Å²) >= 11 is 0. The molecule has 0 aliphatic heterocycles. The first-order chi connectivity index (χ1) is 5.07. The summed E-state index contributed by atoms with van der Waals surface area (Å²) in [7, 11) is 0. The summed E-state index contributed by atoms with van der Waals surface area (Å²) in [5, 5.41) is 24.6. The molecule has 0 aliphatic rings. The summed E-state index contributed by atoms with van der Waals surface area (Å²) < 4.78 is 0. The maximum atomic E-state index is 10.1. The van der Waals surface area contributed by atoms with Crippen LogP contribution in [0, 0.1) is 0 Å². The average Bonchev–Trinajstić information content (AvgIpc) is 1.87. The van der Waals surface area contributed by atoms with Crippen molar-refractivity contribution in [2.45, 2.75) is 18.9 Å². The second kappa shape index (κ2) is 4.64. The summed E-state index contributed by atoms with van der Waals surface area (Å²) in [5.74, 6) is -2.36. The van der Waals surface area contributed by atoms with E-state index in [0.717, 1.165) is 0 Å². The molecule has 64 valence electrons. The van der Waals surface area contributed by atoms with E-state index in [9.17, 15) is 9.59 Å². The second-order valence-electron chi connectivity index (χ2n) is 1.95. The van der Waals surface area contributed by atoms with Gasteiger partial charge in [-0.25, -0.2) is 0 Å². The van der Waals surface area contributed by atoms with Crippen LogP contribution in [-0.4, -0.2) is 33.4 Å². The van der Waals surface area contributed by atoms with Crippen molar-refractivity contribution in [3.05, 3.63) is 0 Å². The molecule has 1 atom stereocenters. The molecule has 0 aromatic heterocycles. The van der Waals surface area contributed by atoms with Crippen molar-refractivity contribution in [3.63, 3.8) is 0 Å². The molecule has 0 bridgehead atoms. The van der Waals surface area contributed by atoms with Gasteiger partial charge in [-0.2, -0.15) is 5.48 Å². The normalized spacial score (nSPS) is 12.5. The molecule has 0 fully saturated rings. The largest absolute Gasteiger partial charge is 0.481 e. The quantitative estimate of drug-likeness (QED) is 0.398. The predicted octanol–water partition coefficient (Wildman–Crippen LogP) is -0.717. The lowest BCUT2D eigenvalue weighted by Gasteiger charge is -2.06. The minimum Gasteiger partial charge on any atom is -0.481 e. The Kier molecular flexibility index (Phi) is 4.16. The van der Waals surface area contributed by atoms with E-state index in [1.54, 1.807) is 0 Å². The summed E-state index contributed by atoms with van der Waals surface area (Å²) in [4.78, 5) is 20.1. The molecule has 6 heteroatoms. The fourth-order valence-electron chi connectivity index (χ4n) is 0.511. The highest BCUT2D eigenvalue weighted by molar-refractivity contribution is 5.74. The molecular weight excluding hydrogens is 154 g/mol. The fraction of sp³-hybridized carbons (Fsp3) is 0.600. The molecule has 0 aromatic carbocycles. The minimum absolute atomic E-state index is 0.138. The Hall–Kier alpha value is -1.14. The van der Waals surface area contributed by atoms with Crippen LogP contribution in [0.1, 0.15) is 12.8 Å². The fourth-order valence-corrected chi connectivity index (χ4v) is 0.511. The van der Waals surface area contributed by atoms with E-state index < -0.39 is 18.0 Å². The van der Waals surface area contributed by atoms with Crippen LogP contribution >= 0.6 is 0 Å². The molecule has 0 unspecified atom stereocenters. The smallest absolute Gasteiger partial charge is 0.323 e. The highest BCUT2D eigenvalue weighted by atomic mass is 16.5. The maximum Gasteiger partial charge on any atom is 0.323 e. The average molecular weight is 163 g/mol. The second-order valence-corrected chi connectivity index (χ2v) is 1.95. The highest BCUT2D eigenvalue weighted by Crippen LogP contribution is 1.96. The summed E-state index contributed by atoms with van der Waals surface area (Å²) in [6.07, 6.45) is -0.425. The van der Waals surface area contributed by atoms with Gasteiger partial charge < -0.3 is 15.4 Å². The molecule has 4 N–H and O–H groups in total. The van der Waals surface area contributed by atoms with Crippen LogP contribution in [-0.2, 0) is 9.59 Å². The van der Waals surface area contributed by atoms with Crippen LogP contribution in [0.15, 0.2) is 0 Å². The van der Waals surface area contributed by atoms with Crippen molar-refractivity contribution in [1.82, 2.24) is 5.48 Å². The standard InChI is InChI=1S/C5H9NO5/c7-4(8)2-1-3(6-11)5(9)10/h3,6,11H,1-2H2,(H,7,8)(H,9,10)/t3-/m0/s1. The monoisotopic (exact) mass is 163 g/mol. The van der Waals surface area contributed by atoms with Gasteiger partial charge in [-0.1, -0.05) is 0 Å². The van der Waals surface area contributed by atoms with E-state index in [4.69, 9.17) is 15.4 Å². The van der Waals surface area contributed by atoms with Crippen molar-refractivity contribution in [2.75, 3.05) is 0 Å². The van der Waals surface area contributed by atoms with Crippen LogP contribution in [0.5, 0.6) is 0 Å². The molecule has 0 aromatic rings. The van der Waals surface area contributed by atoms with Crippen LogP contribution < -0.4 is 5.48 Å². The van der Waals surface area contributed by atoms with Crippen LogP contribution in [0.4, 0.5) is 0 Å². The van der Waals surface area contributed by atoms with Crippen molar-refractivity contribution in [3.8, 4) is 0 Å². The number of hydrogen-bond donors (Lipinski definition) is 4. The molecular formula is C5H9NO5. The zero-order valence-electron chi connectivity index (χ0n) is 5.65. The zero-order valence-corrected chi connectivity index (χ0v) is 5.65. The van der Waals surface area contributed by atoms with Gasteiger partial charge in [0.25, 0.3) is 0 Å². The van der Waals surface area contributed by atoms with Crippen molar-refractivity contribution >= 4 is 11.9 Å². The first-order valence-corrected chi connectivity index (χ1v) is 2.92. The van der Waals surface area contributed by atoms with E-state index in [1.165, 1.54) is 5.48 Å². The van der Waals surface area contributed by atoms with Crippen molar-refractivity contribution in [1.29, 1.82) is 0 Å². The molecule has 11 heavy (non-hydrogen) atoms. The van der Waals surface area contributed by atoms with E-state index in [0.29, 0.717) is 0 Å². The third kappa shape index (κ3) is 4.29. The molecule has 0 saturated carbocycles. The lowest BCUT2D eigenvalue weighted by molar-refractivity contribution is -0.143. The molecule has 0 radical (unpaired) electrons. The minimum atomic E-state index is -1.27. The predicted molar refractivity (Wildman–Crippen MR) is 33.2 cm³/mol. The zero-order chi connectivity index (χ0) is 8.85. The lowest BCUT2D eigenvalue weighted by atomic mass is 10.2. The Balaban J connectivity index is 3.70. The number of carboxylic acids is 2. The van der Waals surface area contributed by atoms with Gasteiger partial charge in [0.2, 0.25) is 0 Å². The van der Waals surface area contributed by atoms with Gasteiger partial charge in [0.1, 0.15) is 6.04 Å². The van der Waals surface area contributed by atoms with E-state index >= 15 is 0 Å². The van der Waals surface area contributed by atoms with Gasteiger partial charge in [-0.15, -0.1) is 0 Å². The van der Waals surface area contributed by atoms with Gasteiger partial charge in [0.05, 0.1) is 0 Å². The van der Waals surface area contributed by atoms with E-state index in [-0.39, 0.29) is 12.8 Å².